The first-order valence-corrected chi connectivity index (χ1v) is 9.66. The first-order valence-electron chi connectivity index (χ1n) is 9.66. The predicted molar refractivity (Wildman–Crippen MR) is 101 cm³/mol. The van der Waals surface area contributed by atoms with Gasteiger partial charge in [0.1, 0.15) is 11.3 Å². The van der Waals surface area contributed by atoms with Crippen LogP contribution in [0.15, 0.2) is 18.3 Å². The number of aromatic amines is 1. The van der Waals surface area contributed by atoms with Crippen LogP contribution < -0.4 is 5.73 Å². The molecule has 0 radical (unpaired) electrons. The highest BCUT2D eigenvalue weighted by molar-refractivity contribution is 6.05. The highest BCUT2D eigenvalue weighted by Crippen LogP contribution is 2.39. The molecule has 5 rings (SSSR count). The number of primary amides is 1. The smallest absolute Gasteiger partial charge is 0.251 e. The minimum absolute atomic E-state index is 0.00804. The normalized spacial score (nSPS) is 20.5. The van der Waals surface area contributed by atoms with Gasteiger partial charge < -0.3 is 10.6 Å². The Morgan fingerprint density at radius 3 is 2.78 bits per heavy atom. The van der Waals surface area contributed by atoms with Crippen molar-refractivity contribution < 1.29 is 9.18 Å². The van der Waals surface area contributed by atoms with Crippen LogP contribution in [0.25, 0.3) is 16.7 Å². The maximum absolute atomic E-state index is 13.9. The Balaban J connectivity index is 1.54. The van der Waals surface area contributed by atoms with Crippen LogP contribution in [0.5, 0.6) is 0 Å². The molecule has 3 N–H and O–H groups in total. The van der Waals surface area contributed by atoms with Gasteiger partial charge in [0, 0.05) is 29.8 Å². The molecule has 1 saturated heterocycles. The van der Waals surface area contributed by atoms with E-state index < -0.39 is 11.7 Å². The number of fused-ring (bicyclic) bond motifs is 3. The molecule has 2 fully saturated rings. The third kappa shape index (κ3) is 2.72. The number of nitrogens with two attached hydrogens (primary N) is 1. The first-order chi connectivity index (χ1) is 12.9. The van der Waals surface area contributed by atoms with Gasteiger partial charge in [-0.1, -0.05) is 6.92 Å². The summed E-state index contributed by atoms with van der Waals surface area (Å²) < 4.78 is 15.7. The Hall–Kier alpha value is -2.41. The number of benzene rings is 1. The molecule has 1 amide bonds. The molecule has 0 atom stereocenters. The standard InChI is InChI=1S/C20H24FN5O/c1-20(4-6-25(7-5-20)11-12-2-3-12)15-10-23-26-17-14(18(22)27)8-13(21)9-16(17)24-19(15)26/h8-10,12,23H,2-7,11H2,1H3,(H2,22,27). The number of H-pyrrole nitrogens is 1. The number of halogens is 1. The van der Waals surface area contributed by atoms with Gasteiger partial charge in [0.25, 0.3) is 5.91 Å². The number of carbonyl (C=O) groups excluding carboxylic acids is 1. The predicted octanol–water partition coefficient (Wildman–Crippen LogP) is 2.82. The van der Waals surface area contributed by atoms with Crippen molar-refractivity contribution in [2.45, 2.75) is 38.0 Å². The van der Waals surface area contributed by atoms with Crippen molar-refractivity contribution in [2.24, 2.45) is 11.7 Å². The summed E-state index contributed by atoms with van der Waals surface area (Å²) >= 11 is 0. The Labute approximate surface area is 156 Å². The van der Waals surface area contributed by atoms with Crippen LogP contribution in [0, 0.1) is 11.7 Å². The van der Waals surface area contributed by atoms with Crippen LogP contribution in [0.4, 0.5) is 4.39 Å². The SMILES string of the molecule is CC1(c2c[nH]n3c2nc2cc(F)cc(C(N)=O)c23)CCN(CC2CC2)CC1. The molecular weight excluding hydrogens is 345 g/mol. The molecule has 3 heterocycles. The van der Waals surface area contributed by atoms with E-state index in [1.54, 1.807) is 4.52 Å². The average molecular weight is 369 g/mol. The number of nitrogens with zero attached hydrogens (tertiary/aromatic N) is 3. The summed E-state index contributed by atoms with van der Waals surface area (Å²) in [6.07, 6.45) is 6.87. The molecule has 2 aliphatic rings. The second-order valence-corrected chi connectivity index (χ2v) is 8.45. The molecular formula is C20H24FN5O. The average Bonchev–Trinajstić information content (AvgIpc) is 3.22. The lowest BCUT2D eigenvalue weighted by atomic mass is 9.75. The zero-order valence-electron chi connectivity index (χ0n) is 15.5. The monoisotopic (exact) mass is 369 g/mol. The number of nitrogens with one attached hydrogen (secondary N) is 1. The number of carbonyl (C=O) groups is 1. The van der Waals surface area contributed by atoms with E-state index in [1.165, 1.54) is 31.5 Å². The molecule has 2 aromatic heterocycles. The van der Waals surface area contributed by atoms with Gasteiger partial charge in [0.2, 0.25) is 0 Å². The summed E-state index contributed by atoms with van der Waals surface area (Å²) in [5, 5.41) is 3.21. The zero-order valence-corrected chi connectivity index (χ0v) is 15.5. The van der Waals surface area contributed by atoms with Crippen LogP contribution in [0.1, 0.15) is 48.5 Å². The van der Waals surface area contributed by atoms with Gasteiger partial charge >= 0.3 is 0 Å². The fourth-order valence-electron chi connectivity index (χ4n) is 4.47. The van der Waals surface area contributed by atoms with E-state index in [-0.39, 0.29) is 11.0 Å². The molecule has 1 aliphatic carbocycles. The van der Waals surface area contributed by atoms with E-state index in [9.17, 15) is 9.18 Å². The molecule has 1 aromatic carbocycles. The molecule has 0 spiro atoms. The third-order valence-electron chi connectivity index (χ3n) is 6.38. The van der Waals surface area contributed by atoms with Gasteiger partial charge in [-0.15, -0.1) is 0 Å². The number of rotatable bonds is 4. The third-order valence-corrected chi connectivity index (χ3v) is 6.38. The summed E-state index contributed by atoms with van der Waals surface area (Å²) in [4.78, 5) is 19.0. The molecule has 142 valence electrons. The van der Waals surface area contributed by atoms with Crippen LogP contribution >= 0.6 is 0 Å². The number of piperidine rings is 1. The van der Waals surface area contributed by atoms with Gasteiger partial charge in [0.05, 0.1) is 11.1 Å². The highest BCUT2D eigenvalue weighted by Gasteiger charge is 2.36. The Bertz CT molecular complexity index is 1040. The molecule has 1 aliphatic heterocycles. The number of hydrogen-bond acceptors (Lipinski definition) is 3. The van der Waals surface area contributed by atoms with E-state index in [2.05, 4.69) is 21.9 Å². The maximum atomic E-state index is 13.9. The van der Waals surface area contributed by atoms with Gasteiger partial charge in [0.15, 0.2) is 5.65 Å². The molecule has 3 aromatic rings. The second-order valence-electron chi connectivity index (χ2n) is 8.45. The van der Waals surface area contributed by atoms with Gasteiger partial charge in [-0.25, -0.2) is 13.9 Å². The number of aromatic nitrogens is 3. The van der Waals surface area contributed by atoms with E-state index in [4.69, 9.17) is 5.73 Å². The summed E-state index contributed by atoms with van der Waals surface area (Å²) in [7, 11) is 0. The van der Waals surface area contributed by atoms with Crippen molar-refractivity contribution in [2.75, 3.05) is 19.6 Å². The van der Waals surface area contributed by atoms with Crippen molar-refractivity contribution in [3.8, 4) is 0 Å². The van der Waals surface area contributed by atoms with Crippen molar-refractivity contribution in [1.82, 2.24) is 19.5 Å². The summed E-state index contributed by atoms with van der Waals surface area (Å²) in [5.41, 5.74) is 8.50. The Morgan fingerprint density at radius 1 is 1.37 bits per heavy atom. The lowest BCUT2D eigenvalue weighted by molar-refractivity contribution is 0.100. The first kappa shape index (κ1) is 16.7. The van der Waals surface area contributed by atoms with Gasteiger partial charge in [-0.05, 0) is 50.8 Å². The number of likely N-dealkylation sites (tertiary alicyclic amines) is 1. The van der Waals surface area contributed by atoms with Crippen molar-refractivity contribution in [3.05, 3.63) is 35.3 Å². The fourth-order valence-corrected chi connectivity index (χ4v) is 4.47. The van der Waals surface area contributed by atoms with Crippen molar-refractivity contribution in [3.63, 3.8) is 0 Å². The van der Waals surface area contributed by atoms with Crippen LogP contribution in [0.2, 0.25) is 0 Å². The second kappa shape index (κ2) is 5.79. The van der Waals surface area contributed by atoms with E-state index in [0.29, 0.717) is 11.0 Å². The number of amides is 1. The van der Waals surface area contributed by atoms with Crippen molar-refractivity contribution in [1.29, 1.82) is 0 Å². The van der Waals surface area contributed by atoms with E-state index in [1.807, 2.05) is 6.20 Å². The largest absolute Gasteiger partial charge is 0.366 e. The Morgan fingerprint density at radius 2 is 2.11 bits per heavy atom. The molecule has 7 heteroatoms. The van der Waals surface area contributed by atoms with Crippen LogP contribution in [-0.4, -0.2) is 45.0 Å². The molecule has 27 heavy (non-hydrogen) atoms. The number of hydrogen-bond donors (Lipinski definition) is 2. The lowest BCUT2D eigenvalue weighted by Crippen LogP contribution is -2.41. The molecule has 0 bridgehead atoms. The molecule has 1 saturated carbocycles. The van der Waals surface area contributed by atoms with Gasteiger partial charge in [-0.2, -0.15) is 0 Å². The minimum atomic E-state index is -0.656. The maximum Gasteiger partial charge on any atom is 0.251 e. The van der Waals surface area contributed by atoms with E-state index >= 15 is 0 Å². The molecule has 6 nitrogen and oxygen atoms in total. The quantitative estimate of drug-likeness (QED) is 0.742. The summed E-state index contributed by atoms with van der Waals surface area (Å²) in [6, 6.07) is 2.53. The fraction of sp³-hybridized carbons (Fsp3) is 0.500. The topological polar surface area (TPSA) is 79.4 Å². The van der Waals surface area contributed by atoms with E-state index in [0.717, 1.165) is 43.1 Å². The van der Waals surface area contributed by atoms with Crippen LogP contribution in [-0.2, 0) is 5.41 Å². The summed E-state index contributed by atoms with van der Waals surface area (Å²) in [6.45, 7) is 5.68. The zero-order chi connectivity index (χ0) is 18.8. The Kier molecular flexibility index (Phi) is 3.59. The summed E-state index contributed by atoms with van der Waals surface area (Å²) in [5.74, 6) is -0.247. The minimum Gasteiger partial charge on any atom is -0.366 e. The van der Waals surface area contributed by atoms with Crippen molar-refractivity contribution >= 4 is 22.6 Å². The lowest BCUT2D eigenvalue weighted by Gasteiger charge is -2.39. The molecule has 0 unspecified atom stereocenters. The van der Waals surface area contributed by atoms with Gasteiger partial charge in [-0.3, -0.25) is 9.89 Å². The number of imidazole rings is 1. The highest BCUT2D eigenvalue weighted by atomic mass is 19.1. The van der Waals surface area contributed by atoms with Crippen LogP contribution in [0.3, 0.4) is 0 Å².